The van der Waals surface area contributed by atoms with Crippen molar-refractivity contribution in [3.63, 3.8) is 0 Å². The van der Waals surface area contributed by atoms with E-state index in [0.717, 1.165) is 13.1 Å². The standard InChI is InChI=1S/C19H25FN4O3/c1-3-23-10-14(19(27)22-12(2)11-25)18(26)13-8-15(20)17(9-16(13)23)24-6-4-21-5-7-24/h8-10,12,21,25H,3-7,11H2,1-2H3,(H,22,27)/t12-/m0/s1. The Hall–Kier alpha value is -2.45. The Labute approximate surface area is 156 Å². The first kappa shape index (κ1) is 19.3. The third kappa shape index (κ3) is 3.81. The van der Waals surface area contributed by atoms with Crippen molar-refractivity contribution < 1.29 is 14.3 Å². The number of piperazine rings is 1. The molecular weight excluding hydrogens is 351 g/mol. The van der Waals surface area contributed by atoms with Crippen molar-refractivity contribution >= 4 is 22.5 Å². The molecule has 0 spiro atoms. The van der Waals surface area contributed by atoms with Gasteiger partial charge in [0.2, 0.25) is 5.43 Å². The number of aromatic nitrogens is 1. The van der Waals surface area contributed by atoms with Crippen LogP contribution in [0.5, 0.6) is 0 Å². The minimum Gasteiger partial charge on any atom is -0.394 e. The molecule has 1 aliphatic rings. The first-order chi connectivity index (χ1) is 13.0. The molecule has 0 unspecified atom stereocenters. The largest absolute Gasteiger partial charge is 0.394 e. The van der Waals surface area contributed by atoms with Gasteiger partial charge in [-0.2, -0.15) is 0 Å². The number of hydrogen-bond acceptors (Lipinski definition) is 5. The molecular formula is C19H25FN4O3. The summed E-state index contributed by atoms with van der Waals surface area (Å²) >= 11 is 0. The van der Waals surface area contributed by atoms with Crippen molar-refractivity contribution in [3.8, 4) is 0 Å². The second kappa shape index (κ2) is 8.06. The number of anilines is 1. The minimum absolute atomic E-state index is 0.0565. The van der Waals surface area contributed by atoms with Crippen LogP contribution in [0.2, 0.25) is 0 Å². The topological polar surface area (TPSA) is 86.6 Å². The number of hydrogen-bond donors (Lipinski definition) is 3. The predicted octanol–water partition coefficient (Wildman–Crippen LogP) is 0.681. The molecule has 1 aromatic carbocycles. The van der Waals surface area contributed by atoms with Gasteiger partial charge in [0.1, 0.15) is 11.4 Å². The molecule has 146 valence electrons. The summed E-state index contributed by atoms with van der Waals surface area (Å²) in [6.07, 6.45) is 1.50. The molecule has 0 bridgehead atoms. The molecule has 8 heteroatoms. The molecule has 0 saturated carbocycles. The summed E-state index contributed by atoms with van der Waals surface area (Å²) in [6, 6.07) is 2.45. The molecule has 27 heavy (non-hydrogen) atoms. The quantitative estimate of drug-likeness (QED) is 0.715. The van der Waals surface area contributed by atoms with Crippen molar-refractivity contribution in [2.24, 2.45) is 0 Å². The number of rotatable bonds is 5. The van der Waals surface area contributed by atoms with Gasteiger partial charge in [0, 0.05) is 50.3 Å². The number of fused-ring (bicyclic) bond motifs is 1. The van der Waals surface area contributed by atoms with Crippen LogP contribution in [0.25, 0.3) is 10.9 Å². The van der Waals surface area contributed by atoms with Crippen LogP contribution in [0.15, 0.2) is 23.1 Å². The smallest absolute Gasteiger partial charge is 0.257 e. The molecule has 7 nitrogen and oxygen atoms in total. The Kier molecular flexibility index (Phi) is 5.76. The van der Waals surface area contributed by atoms with E-state index in [0.29, 0.717) is 30.8 Å². The van der Waals surface area contributed by atoms with Crippen LogP contribution in [-0.2, 0) is 6.54 Å². The third-order valence-corrected chi connectivity index (χ3v) is 4.84. The predicted molar refractivity (Wildman–Crippen MR) is 103 cm³/mol. The minimum atomic E-state index is -0.572. The highest BCUT2D eigenvalue weighted by Gasteiger charge is 2.21. The monoisotopic (exact) mass is 376 g/mol. The normalized spacial score (nSPS) is 15.8. The Morgan fingerprint density at radius 3 is 2.70 bits per heavy atom. The number of nitrogens with zero attached hydrogens (tertiary/aromatic N) is 2. The number of pyridine rings is 1. The van der Waals surface area contributed by atoms with Crippen molar-refractivity contribution in [1.82, 2.24) is 15.2 Å². The van der Waals surface area contributed by atoms with Gasteiger partial charge < -0.3 is 25.2 Å². The van der Waals surface area contributed by atoms with Crippen LogP contribution in [0.3, 0.4) is 0 Å². The summed E-state index contributed by atoms with van der Waals surface area (Å²) in [5.41, 5.74) is 0.503. The van der Waals surface area contributed by atoms with Gasteiger partial charge in [-0.1, -0.05) is 0 Å². The van der Waals surface area contributed by atoms with E-state index in [-0.39, 0.29) is 17.6 Å². The van der Waals surface area contributed by atoms with Crippen molar-refractivity contribution in [2.45, 2.75) is 26.4 Å². The van der Waals surface area contributed by atoms with Crippen LogP contribution in [-0.4, -0.2) is 54.4 Å². The van der Waals surface area contributed by atoms with Gasteiger partial charge in [-0.05, 0) is 26.0 Å². The maximum Gasteiger partial charge on any atom is 0.257 e. The van der Waals surface area contributed by atoms with Gasteiger partial charge >= 0.3 is 0 Å². The summed E-state index contributed by atoms with van der Waals surface area (Å²) < 4.78 is 16.6. The number of aryl methyl sites for hydroxylation is 1. The van der Waals surface area contributed by atoms with E-state index in [9.17, 15) is 14.0 Å². The zero-order valence-corrected chi connectivity index (χ0v) is 15.6. The fraction of sp³-hybridized carbons (Fsp3) is 0.474. The highest BCUT2D eigenvalue weighted by atomic mass is 19.1. The van der Waals surface area contributed by atoms with Gasteiger partial charge in [0.15, 0.2) is 0 Å². The fourth-order valence-corrected chi connectivity index (χ4v) is 3.32. The number of halogens is 1. The molecule has 1 aromatic heterocycles. The summed E-state index contributed by atoms with van der Waals surface area (Å²) in [6.45, 7) is 6.77. The van der Waals surface area contributed by atoms with E-state index in [1.807, 2.05) is 11.8 Å². The van der Waals surface area contributed by atoms with Gasteiger partial charge in [-0.25, -0.2) is 4.39 Å². The van der Waals surface area contributed by atoms with E-state index in [2.05, 4.69) is 10.6 Å². The number of amides is 1. The van der Waals surface area contributed by atoms with Crippen LogP contribution in [0.1, 0.15) is 24.2 Å². The summed E-state index contributed by atoms with van der Waals surface area (Å²) in [5, 5.41) is 15.1. The van der Waals surface area contributed by atoms with Gasteiger partial charge in [0.05, 0.1) is 17.8 Å². The second-order valence-electron chi connectivity index (χ2n) is 6.77. The average molecular weight is 376 g/mol. The number of aliphatic hydroxyl groups excluding tert-OH is 1. The highest BCUT2D eigenvalue weighted by Crippen LogP contribution is 2.25. The molecule has 1 atom stereocenters. The van der Waals surface area contributed by atoms with Crippen molar-refractivity contribution in [2.75, 3.05) is 37.7 Å². The van der Waals surface area contributed by atoms with Crippen LogP contribution in [0.4, 0.5) is 10.1 Å². The molecule has 1 aliphatic heterocycles. The summed E-state index contributed by atoms with van der Waals surface area (Å²) in [4.78, 5) is 27.2. The Bertz CT molecular complexity index is 906. The second-order valence-corrected chi connectivity index (χ2v) is 6.77. The lowest BCUT2D eigenvalue weighted by atomic mass is 10.1. The molecule has 3 N–H and O–H groups in total. The van der Waals surface area contributed by atoms with Gasteiger partial charge in [-0.15, -0.1) is 0 Å². The molecule has 2 aromatic rings. The van der Waals surface area contributed by atoms with E-state index >= 15 is 0 Å². The number of nitrogens with one attached hydrogen (secondary N) is 2. The zero-order chi connectivity index (χ0) is 19.6. The highest BCUT2D eigenvalue weighted by molar-refractivity contribution is 5.98. The maximum absolute atomic E-state index is 14.8. The SMILES string of the molecule is CCn1cc(C(=O)N[C@@H](C)CO)c(=O)c2cc(F)c(N3CCNCC3)cc21. The van der Waals surface area contributed by atoms with Crippen molar-refractivity contribution in [3.05, 3.63) is 39.9 Å². The average Bonchev–Trinajstić information content (AvgIpc) is 2.68. The molecule has 1 saturated heterocycles. The molecule has 1 fully saturated rings. The molecule has 1 amide bonds. The van der Waals surface area contributed by atoms with Crippen LogP contribution in [0, 0.1) is 5.82 Å². The van der Waals surface area contributed by atoms with Crippen molar-refractivity contribution in [1.29, 1.82) is 0 Å². The summed E-state index contributed by atoms with van der Waals surface area (Å²) in [5.74, 6) is -1.04. The Balaban J connectivity index is 2.11. The van der Waals surface area contributed by atoms with E-state index in [1.54, 1.807) is 17.6 Å². The fourth-order valence-electron chi connectivity index (χ4n) is 3.32. The lowest BCUT2D eigenvalue weighted by Crippen LogP contribution is -2.44. The lowest BCUT2D eigenvalue weighted by Gasteiger charge is -2.30. The summed E-state index contributed by atoms with van der Waals surface area (Å²) in [7, 11) is 0. The number of benzene rings is 1. The van der Waals surface area contributed by atoms with Crippen LogP contribution >= 0.6 is 0 Å². The lowest BCUT2D eigenvalue weighted by molar-refractivity contribution is 0.0920. The zero-order valence-electron chi connectivity index (χ0n) is 15.6. The maximum atomic E-state index is 14.8. The number of carbonyl (C=O) groups excluding carboxylic acids is 1. The number of carbonyl (C=O) groups is 1. The molecule has 0 radical (unpaired) electrons. The van der Waals surface area contributed by atoms with E-state index in [4.69, 9.17) is 5.11 Å². The first-order valence-electron chi connectivity index (χ1n) is 9.20. The van der Waals surface area contributed by atoms with E-state index in [1.165, 1.54) is 12.3 Å². The first-order valence-corrected chi connectivity index (χ1v) is 9.20. The van der Waals surface area contributed by atoms with Crippen LogP contribution < -0.4 is 21.0 Å². The molecule has 3 rings (SSSR count). The molecule has 2 heterocycles. The Morgan fingerprint density at radius 2 is 2.07 bits per heavy atom. The third-order valence-electron chi connectivity index (χ3n) is 4.84. The van der Waals surface area contributed by atoms with E-state index < -0.39 is 23.2 Å². The van der Waals surface area contributed by atoms with Gasteiger partial charge in [-0.3, -0.25) is 9.59 Å². The molecule has 0 aliphatic carbocycles. The van der Waals surface area contributed by atoms with Gasteiger partial charge in [0.25, 0.3) is 5.91 Å². The Morgan fingerprint density at radius 1 is 1.37 bits per heavy atom. The number of aliphatic hydroxyl groups is 1.